The van der Waals surface area contributed by atoms with E-state index in [-0.39, 0.29) is 0 Å². The van der Waals surface area contributed by atoms with Gasteiger partial charge in [-0.3, -0.25) is 0 Å². The number of likely N-dealkylation sites (tertiary alicyclic amines) is 1. The van der Waals surface area contributed by atoms with Crippen molar-refractivity contribution in [1.29, 1.82) is 0 Å². The Hall–Kier alpha value is -0.0800. The second-order valence-electron chi connectivity index (χ2n) is 5.45. The molecule has 2 nitrogen and oxygen atoms in total. The molecule has 1 heterocycles. The number of piperidine rings is 1. The van der Waals surface area contributed by atoms with Crippen LogP contribution in [0.5, 0.6) is 0 Å². The average Bonchev–Trinajstić information content (AvgIpc) is 2.51. The quantitative estimate of drug-likeness (QED) is 0.730. The molecule has 1 saturated carbocycles. The van der Waals surface area contributed by atoms with E-state index in [4.69, 9.17) is 5.73 Å². The smallest absolute Gasteiger partial charge is 0.00420 e. The molecular formula is C12H24N2. The molecule has 2 N–H and O–H groups in total. The van der Waals surface area contributed by atoms with E-state index in [1.54, 1.807) is 0 Å². The zero-order valence-corrected chi connectivity index (χ0v) is 9.41. The van der Waals surface area contributed by atoms with Crippen LogP contribution in [0.15, 0.2) is 0 Å². The van der Waals surface area contributed by atoms with Crippen molar-refractivity contribution in [2.45, 2.75) is 45.1 Å². The molecule has 0 radical (unpaired) electrons. The molecule has 2 unspecified atom stereocenters. The van der Waals surface area contributed by atoms with Gasteiger partial charge in [-0.15, -0.1) is 0 Å². The third-order valence-corrected chi connectivity index (χ3v) is 3.84. The van der Waals surface area contributed by atoms with Crippen molar-refractivity contribution in [3.8, 4) is 0 Å². The highest BCUT2D eigenvalue weighted by Crippen LogP contribution is 2.26. The van der Waals surface area contributed by atoms with Crippen LogP contribution < -0.4 is 5.73 Å². The summed E-state index contributed by atoms with van der Waals surface area (Å²) in [6.07, 6.45) is 6.73. The van der Waals surface area contributed by atoms with Crippen molar-refractivity contribution < 1.29 is 0 Å². The molecular weight excluding hydrogens is 172 g/mol. The molecule has 0 aromatic rings. The maximum atomic E-state index is 5.94. The van der Waals surface area contributed by atoms with Gasteiger partial charge in [0.1, 0.15) is 0 Å². The molecule has 2 fully saturated rings. The summed E-state index contributed by atoms with van der Waals surface area (Å²) in [5.74, 6) is 1.81. The molecule has 1 aliphatic carbocycles. The SMILES string of the molecule is C[C@H]1CCCN(CC2CCC(N)C2)C1. The van der Waals surface area contributed by atoms with Gasteiger partial charge in [0.2, 0.25) is 0 Å². The van der Waals surface area contributed by atoms with Crippen LogP contribution in [0.4, 0.5) is 0 Å². The van der Waals surface area contributed by atoms with Gasteiger partial charge in [-0.2, -0.15) is 0 Å². The topological polar surface area (TPSA) is 29.3 Å². The minimum atomic E-state index is 0.502. The van der Waals surface area contributed by atoms with Gasteiger partial charge in [0.15, 0.2) is 0 Å². The van der Waals surface area contributed by atoms with Crippen molar-refractivity contribution in [1.82, 2.24) is 4.90 Å². The average molecular weight is 196 g/mol. The Morgan fingerprint density at radius 3 is 2.79 bits per heavy atom. The fourth-order valence-electron chi connectivity index (χ4n) is 3.10. The number of hydrogen-bond acceptors (Lipinski definition) is 2. The fourth-order valence-corrected chi connectivity index (χ4v) is 3.10. The van der Waals surface area contributed by atoms with Gasteiger partial charge in [-0.05, 0) is 50.5 Å². The Balaban J connectivity index is 1.74. The minimum Gasteiger partial charge on any atom is -0.328 e. The molecule has 2 rings (SSSR count). The largest absolute Gasteiger partial charge is 0.328 e. The molecule has 0 aromatic heterocycles. The fraction of sp³-hybridized carbons (Fsp3) is 1.00. The highest BCUT2D eigenvalue weighted by molar-refractivity contribution is 4.81. The van der Waals surface area contributed by atoms with E-state index < -0.39 is 0 Å². The third kappa shape index (κ3) is 2.71. The Bertz CT molecular complexity index is 181. The maximum absolute atomic E-state index is 5.94. The molecule has 14 heavy (non-hydrogen) atoms. The van der Waals surface area contributed by atoms with Gasteiger partial charge in [0.05, 0.1) is 0 Å². The van der Waals surface area contributed by atoms with Crippen molar-refractivity contribution in [3.05, 3.63) is 0 Å². The molecule has 0 bridgehead atoms. The zero-order chi connectivity index (χ0) is 9.97. The summed E-state index contributed by atoms with van der Waals surface area (Å²) in [7, 11) is 0. The molecule has 0 amide bonds. The lowest BCUT2D eigenvalue weighted by Gasteiger charge is -2.32. The second-order valence-corrected chi connectivity index (χ2v) is 5.45. The van der Waals surface area contributed by atoms with Gasteiger partial charge < -0.3 is 10.6 Å². The van der Waals surface area contributed by atoms with Crippen LogP contribution in [-0.2, 0) is 0 Å². The van der Waals surface area contributed by atoms with Gasteiger partial charge >= 0.3 is 0 Å². The van der Waals surface area contributed by atoms with Crippen LogP contribution in [0.3, 0.4) is 0 Å². The van der Waals surface area contributed by atoms with Gasteiger partial charge in [0.25, 0.3) is 0 Å². The Labute approximate surface area is 87.8 Å². The summed E-state index contributed by atoms with van der Waals surface area (Å²) in [6, 6.07) is 0.502. The maximum Gasteiger partial charge on any atom is 0.00420 e. The molecule has 3 atom stereocenters. The second kappa shape index (κ2) is 4.63. The summed E-state index contributed by atoms with van der Waals surface area (Å²) in [4.78, 5) is 2.66. The van der Waals surface area contributed by atoms with Gasteiger partial charge in [-0.1, -0.05) is 6.92 Å². The molecule has 0 aromatic carbocycles. The predicted molar refractivity (Wildman–Crippen MR) is 60.2 cm³/mol. The van der Waals surface area contributed by atoms with E-state index in [1.807, 2.05) is 0 Å². The Kier molecular flexibility index (Phi) is 3.45. The van der Waals surface area contributed by atoms with E-state index in [1.165, 1.54) is 51.7 Å². The van der Waals surface area contributed by atoms with Crippen LogP contribution in [0.1, 0.15) is 39.0 Å². The minimum absolute atomic E-state index is 0.502. The monoisotopic (exact) mass is 196 g/mol. The van der Waals surface area contributed by atoms with E-state index in [0.717, 1.165) is 11.8 Å². The lowest BCUT2D eigenvalue weighted by Crippen LogP contribution is -2.37. The van der Waals surface area contributed by atoms with E-state index in [2.05, 4.69) is 11.8 Å². The normalized spacial score (nSPS) is 40.3. The molecule has 1 aliphatic heterocycles. The van der Waals surface area contributed by atoms with Crippen molar-refractivity contribution >= 4 is 0 Å². The number of nitrogens with two attached hydrogens (primary N) is 1. The van der Waals surface area contributed by atoms with Crippen LogP contribution >= 0.6 is 0 Å². The molecule has 82 valence electrons. The third-order valence-electron chi connectivity index (χ3n) is 3.84. The summed E-state index contributed by atoms with van der Waals surface area (Å²) in [5, 5.41) is 0. The lowest BCUT2D eigenvalue weighted by molar-refractivity contribution is 0.159. The molecule has 2 heteroatoms. The van der Waals surface area contributed by atoms with Crippen molar-refractivity contribution in [3.63, 3.8) is 0 Å². The first kappa shape index (κ1) is 10.4. The first-order valence-corrected chi connectivity index (χ1v) is 6.22. The van der Waals surface area contributed by atoms with Crippen LogP contribution in [-0.4, -0.2) is 30.6 Å². The number of rotatable bonds is 2. The number of hydrogen-bond donors (Lipinski definition) is 1. The summed E-state index contributed by atoms with van der Waals surface area (Å²) in [5.41, 5.74) is 5.94. The van der Waals surface area contributed by atoms with E-state index in [0.29, 0.717) is 6.04 Å². The first-order chi connectivity index (χ1) is 6.74. The Morgan fingerprint density at radius 2 is 2.14 bits per heavy atom. The highest BCUT2D eigenvalue weighted by Gasteiger charge is 2.25. The van der Waals surface area contributed by atoms with Crippen molar-refractivity contribution in [2.24, 2.45) is 17.6 Å². The van der Waals surface area contributed by atoms with E-state index in [9.17, 15) is 0 Å². The Morgan fingerprint density at radius 1 is 1.29 bits per heavy atom. The summed E-state index contributed by atoms with van der Waals surface area (Å²) >= 11 is 0. The zero-order valence-electron chi connectivity index (χ0n) is 9.41. The first-order valence-electron chi connectivity index (χ1n) is 6.22. The molecule has 1 saturated heterocycles. The molecule has 0 spiro atoms. The van der Waals surface area contributed by atoms with Crippen LogP contribution in [0.25, 0.3) is 0 Å². The highest BCUT2D eigenvalue weighted by atomic mass is 15.1. The van der Waals surface area contributed by atoms with Crippen LogP contribution in [0.2, 0.25) is 0 Å². The summed E-state index contributed by atoms with van der Waals surface area (Å²) in [6.45, 7) is 6.35. The summed E-state index contributed by atoms with van der Waals surface area (Å²) < 4.78 is 0. The lowest BCUT2D eigenvalue weighted by atomic mass is 9.98. The molecule has 2 aliphatic rings. The standard InChI is InChI=1S/C12H24N2/c1-10-3-2-6-14(8-10)9-11-4-5-12(13)7-11/h10-12H,2-9,13H2,1H3/t10-,11?,12?/m0/s1. The van der Waals surface area contributed by atoms with Gasteiger partial charge in [0, 0.05) is 19.1 Å². The number of nitrogens with zero attached hydrogens (tertiary/aromatic N) is 1. The van der Waals surface area contributed by atoms with Crippen molar-refractivity contribution in [2.75, 3.05) is 19.6 Å². The van der Waals surface area contributed by atoms with Gasteiger partial charge in [-0.25, -0.2) is 0 Å². The van der Waals surface area contributed by atoms with Crippen LogP contribution in [0, 0.1) is 11.8 Å². The van der Waals surface area contributed by atoms with E-state index >= 15 is 0 Å². The predicted octanol–water partition coefficient (Wildman–Crippen LogP) is 1.85.